The average molecular weight is 221 g/mol. The van der Waals surface area contributed by atoms with Crippen LogP contribution in [0.1, 0.15) is 12.0 Å². The first kappa shape index (κ1) is 9.33. The van der Waals surface area contributed by atoms with Crippen molar-refractivity contribution in [2.24, 2.45) is 5.92 Å². The zero-order chi connectivity index (χ0) is 11.5. The van der Waals surface area contributed by atoms with Crippen molar-refractivity contribution in [1.29, 1.82) is 0 Å². The number of nitrogens with one attached hydrogen (secondary N) is 1. The minimum absolute atomic E-state index is 0.255. The summed E-state index contributed by atoms with van der Waals surface area (Å²) in [6.07, 6.45) is 0.255. The Morgan fingerprint density at radius 2 is 2.31 bits per heavy atom. The SMILES string of the molecule is O=C(O)C1CC12C(=O)Nc1ccc(F)cc12. The Morgan fingerprint density at radius 1 is 1.56 bits per heavy atom. The van der Waals surface area contributed by atoms with Gasteiger partial charge in [0.25, 0.3) is 0 Å². The van der Waals surface area contributed by atoms with Gasteiger partial charge in [0.05, 0.1) is 11.3 Å². The molecule has 1 aromatic rings. The Bertz CT molecular complexity index is 528. The van der Waals surface area contributed by atoms with Crippen molar-refractivity contribution in [1.82, 2.24) is 0 Å². The molecule has 2 atom stereocenters. The largest absolute Gasteiger partial charge is 0.481 e. The summed E-state index contributed by atoms with van der Waals surface area (Å²) in [5.41, 5.74) is -0.0245. The summed E-state index contributed by atoms with van der Waals surface area (Å²) in [5, 5.41) is 11.5. The van der Waals surface area contributed by atoms with Crippen LogP contribution in [0.15, 0.2) is 18.2 Å². The van der Waals surface area contributed by atoms with E-state index in [9.17, 15) is 14.0 Å². The van der Waals surface area contributed by atoms with Crippen molar-refractivity contribution in [3.8, 4) is 0 Å². The van der Waals surface area contributed by atoms with Crippen molar-refractivity contribution in [3.63, 3.8) is 0 Å². The minimum atomic E-state index is -1.02. The maximum Gasteiger partial charge on any atom is 0.307 e. The van der Waals surface area contributed by atoms with E-state index < -0.39 is 23.1 Å². The predicted octanol–water partition coefficient (Wildman–Crippen LogP) is 1.12. The summed E-state index contributed by atoms with van der Waals surface area (Å²) in [6.45, 7) is 0. The first-order valence-electron chi connectivity index (χ1n) is 4.90. The molecular formula is C11H8FNO3. The summed E-state index contributed by atoms with van der Waals surface area (Å²) in [5.74, 6) is -2.52. The van der Waals surface area contributed by atoms with Crippen LogP contribution >= 0.6 is 0 Å². The molecule has 2 unspecified atom stereocenters. The van der Waals surface area contributed by atoms with E-state index in [4.69, 9.17) is 5.11 Å². The topological polar surface area (TPSA) is 66.4 Å². The molecule has 16 heavy (non-hydrogen) atoms. The van der Waals surface area contributed by atoms with Crippen LogP contribution in [-0.2, 0) is 15.0 Å². The van der Waals surface area contributed by atoms with Crippen LogP contribution in [0.5, 0.6) is 0 Å². The molecule has 1 amide bonds. The van der Waals surface area contributed by atoms with Gasteiger partial charge < -0.3 is 10.4 Å². The molecule has 82 valence electrons. The second kappa shape index (κ2) is 2.61. The molecular weight excluding hydrogens is 213 g/mol. The molecule has 1 aliphatic heterocycles. The molecule has 0 bridgehead atoms. The fourth-order valence-electron chi connectivity index (χ4n) is 2.46. The highest BCUT2D eigenvalue weighted by atomic mass is 19.1. The van der Waals surface area contributed by atoms with E-state index in [1.807, 2.05) is 0 Å². The lowest BCUT2D eigenvalue weighted by atomic mass is 9.95. The maximum absolute atomic E-state index is 13.1. The standard InChI is InChI=1S/C11H8FNO3/c12-5-1-2-8-6(3-5)11(10(16)13-8)4-7(11)9(14)15/h1-3,7H,4H2,(H,13,16)(H,14,15). The van der Waals surface area contributed by atoms with Crippen molar-refractivity contribution >= 4 is 17.6 Å². The number of carbonyl (C=O) groups excluding carboxylic acids is 1. The number of carboxylic acid groups (broad SMARTS) is 1. The number of fused-ring (bicyclic) bond motifs is 2. The number of amides is 1. The summed E-state index contributed by atoms with van der Waals surface area (Å²) >= 11 is 0. The lowest BCUT2D eigenvalue weighted by Crippen LogP contribution is -2.24. The van der Waals surface area contributed by atoms with Gasteiger partial charge in [-0.3, -0.25) is 9.59 Å². The Morgan fingerprint density at radius 3 is 2.94 bits per heavy atom. The van der Waals surface area contributed by atoms with Crippen LogP contribution in [0.3, 0.4) is 0 Å². The molecule has 2 aliphatic rings. The van der Waals surface area contributed by atoms with Crippen molar-refractivity contribution < 1.29 is 19.1 Å². The van der Waals surface area contributed by atoms with E-state index >= 15 is 0 Å². The number of hydrogen-bond acceptors (Lipinski definition) is 2. The fourth-order valence-corrected chi connectivity index (χ4v) is 2.46. The van der Waals surface area contributed by atoms with Gasteiger partial charge in [-0.15, -0.1) is 0 Å². The number of rotatable bonds is 1. The molecule has 1 spiro atoms. The van der Waals surface area contributed by atoms with Gasteiger partial charge in [-0.1, -0.05) is 0 Å². The average Bonchev–Trinajstić information content (AvgIpc) is 2.91. The molecule has 0 saturated heterocycles. The molecule has 3 rings (SSSR count). The third kappa shape index (κ3) is 0.925. The van der Waals surface area contributed by atoms with Gasteiger partial charge in [0.2, 0.25) is 5.91 Å². The zero-order valence-electron chi connectivity index (χ0n) is 8.16. The highest BCUT2D eigenvalue weighted by molar-refractivity contribution is 6.12. The van der Waals surface area contributed by atoms with Crippen LogP contribution < -0.4 is 5.32 Å². The highest BCUT2D eigenvalue weighted by Crippen LogP contribution is 2.60. The summed E-state index contributed by atoms with van der Waals surface area (Å²) in [7, 11) is 0. The fraction of sp³-hybridized carbons (Fsp3) is 0.273. The molecule has 1 fully saturated rings. The summed E-state index contributed by atoms with van der Waals surface area (Å²) < 4.78 is 13.1. The monoisotopic (exact) mass is 221 g/mol. The molecule has 4 nitrogen and oxygen atoms in total. The molecule has 1 saturated carbocycles. The number of carboxylic acids is 1. The number of halogens is 1. The van der Waals surface area contributed by atoms with Crippen molar-refractivity contribution in [3.05, 3.63) is 29.6 Å². The van der Waals surface area contributed by atoms with Crippen LogP contribution in [-0.4, -0.2) is 17.0 Å². The van der Waals surface area contributed by atoms with Crippen LogP contribution in [0.25, 0.3) is 0 Å². The molecule has 5 heteroatoms. The minimum Gasteiger partial charge on any atom is -0.481 e. The van der Waals surface area contributed by atoms with Crippen molar-refractivity contribution in [2.45, 2.75) is 11.8 Å². The van der Waals surface area contributed by atoms with E-state index in [1.165, 1.54) is 18.2 Å². The Hall–Kier alpha value is -1.91. The second-order valence-electron chi connectivity index (χ2n) is 4.21. The van der Waals surface area contributed by atoms with E-state index in [0.717, 1.165) is 0 Å². The van der Waals surface area contributed by atoms with Gasteiger partial charge >= 0.3 is 5.97 Å². The third-order valence-corrected chi connectivity index (χ3v) is 3.37. The summed E-state index contributed by atoms with van der Waals surface area (Å²) in [6, 6.07) is 3.96. The lowest BCUT2D eigenvalue weighted by Gasteiger charge is -2.05. The highest BCUT2D eigenvalue weighted by Gasteiger charge is 2.68. The summed E-state index contributed by atoms with van der Waals surface area (Å²) in [4.78, 5) is 22.6. The van der Waals surface area contributed by atoms with Gasteiger partial charge in [-0.05, 0) is 30.2 Å². The first-order valence-corrected chi connectivity index (χ1v) is 4.90. The van der Waals surface area contributed by atoms with Crippen molar-refractivity contribution in [2.75, 3.05) is 5.32 Å². The Balaban J connectivity index is 2.14. The van der Waals surface area contributed by atoms with Gasteiger partial charge in [0.1, 0.15) is 5.82 Å². The molecule has 1 aromatic carbocycles. The molecule has 2 N–H and O–H groups in total. The number of aliphatic carboxylic acids is 1. The maximum atomic E-state index is 13.1. The third-order valence-electron chi connectivity index (χ3n) is 3.37. The number of hydrogen-bond donors (Lipinski definition) is 2. The van der Waals surface area contributed by atoms with E-state index in [2.05, 4.69) is 5.32 Å². The molecule has 0 aromatic heterocycles. The number of benzene rings is 1. The molecule has 1 aliphatic carbocycles. The molecule has 0 radical (unpaired) electrons. The van der Waals surface area contributed by atoms with E-state index in [0.29, 0.717) is 11.3 Å². The van der Waals surface area contributed by atoms with Crippen LogP contribution in [0.2, 0.25) is 0 Å². The number of anilines is 1. The normalized spacial score (nSPS) is 30.1. The second-order valence-corrected chi connectivity index (χ2v) is 4.21. The van der Waals surface area contributed by atoms with Gasteiger partial charge in [0, 0.05) is 5.69 Å². The predicted molar refractivity (Wildman–Crippen MR) is 52.5 cm³/mol. The first-order chi connectivity index (χ1) is 7.55. The van der Waals surface area contributed by atoms with Gasteiger partial charge in [-0.25, -0.2) is 4.39 Å². The Kier molecular flexibility index (Phi) is 1.52. The zero-order valence-corrected chi connectivity index (χ0v) is 8.16. The van der Waals surface area contributed by atoms with E-state index in [-0.39, 0.29) is 12.3 Å². The van der Waals surface area contributed by atoms with Gasteiger partial charge in [0.15, 0.2) is 0 Å². The van der Waals surface area contributed by atoms with Crippen LogP contribution in [0.4, 0.5) is 10.1 Å². The van der Waals surface area contributed by atoms with Gasteiger partial charge in [-0.2, -0.15) is 0 Å². The number of carbonyl (C=O) groups is 2. The van der Waals surface area contributed by atoms with Crippen LogP contribution in [0, 0.1) is 11.7 Å². The quantitative estimate of drug-likeness (QED) is 0.746. The lowest BCUT2D eigenvalue weighted by molar-refractivity contribution is -0.140. The Labute approximate surface area is 90.1 Å². The molecule has 1 heterocycles. The smallest absolute Gasteiger partial charge is 0.307 e. The van der Waals surface area contributed by atoms with E-state index in [1.54, 1.807) is 0 Å².